The number of carbonyl (C=O) groups excluding carboxylic acids is 5. The van der Waals surface area contributed by atoms with Gasteiger partial charge in [-0.2, -0.15) is 0 Å². The van der Waals surface area contributed by atoms with Crippen LogP contribution in [0.2, 0.25) is 0 Å². The molecule has 5 amide bonds. The average Bonchev–Trinajstić information content (AvgIpc) is 3.04. The number of rotatable bonds is 12. The van der Waals surface area contributed by atoms with Gasteiger partial charge in [-0.1, -0.05) is 13.0 Å². The third-order valence-electron chi connectivity index (χ3n) is 5.07. The number of nitrogens with zero attached hydrogens (tertiary/aromatic N) is 1. The third-order valence-corrected chi connectivity index (χ3v) is 5.07. The molecule has 11 heteroatoms. The van der Waals surface area contributed by atoms with Crippen LogP contribution in [0.4, 0.5) is 5.69 Å². The van der Waals surface area contributed by atoms with Crippen molar-refractivity contribution in [1.82, 2.24) is 10.2 Å². The summed E-state index contributed by atoms with van der Waals surface area (Å²) in [4.78, 5) is 62.5. The SMILES string of the molecule is CCCOCCOCCOCC(=O)Nc1cccc2c1C(=O)N(C1CCC(=O)NC1=O)C2=O. The molecule has 0 aromatic heterocycles. The Kier molecular flexibility index (Phi) is 8.64. The number of hydrogen-bond acceptors (Lipinski definition) is 8. The molecule has 2 aliphatic rings. The summed E-state index contributed by atoms with van der Waals surface area (Å²) >= 11 is 0. The molecule has 1 saturated heterocycles. The highest BCUT2D eigenvalue weighted by Gasteiger charge is 2.45. The van der Waals surface area contributed by atoms with Crippen LogP contribution >= 0.6 is 0 Å². The predicted molar refractivity (Wildman–Crippen MR) is 114 cm³/mol. The van der Waals surface area contributed by atoms with Gasteiger partial charge in [0.15, 0.2) is 0 Å². The fraction of sp³-hybridized carbons (Fsp3) is 0.500. The smallest absolute Gasteiger partial charge is 0.264 e. The van der Waals surface area contributed by atoms with Gasteiger partial charge in [-0.3, -0.25) is 34.2 Å². The molecule has 0 bridgehead atoms. The van der Waals surface area contributed by atoms with Gasteiger partial charge in [0.2, 0.25) is 17.7 Å². The van der Waals surface area contributed by atoms with Gasteiger partial charge in [0.25, 0.3) is 11.8 Å². The van der Waals surface area contributed by atoms with E-state index in [1.165, 1.54) is 18.2 Å². The summed E-state index contributed by atoms with van der Waals surface area (Å²) in [6.45, 7) is 3.88. The van der Waals surface area contributed by atoms with Crippen molar-refractivity contribution in [1.29, 1.82) is 0 Å². The Morgan fingerprint density at radius 2 is 1.73 bits per heavy atom. The Bertz CT molecular complexity index is 932. The number of anilines is 1. The summed E-state index contributed by atoms with van der Waals surface area (Å²) in [6, 6.07) is 3.40. The first-order valence-electron chi connectivity index (χ1n) is 10.8. The summed E-state index contributed by atoms with van der Waals surface area (Å²) in [5, 5.41) is 4.72. The molecule has 3 rings (SSSR count). The summed E-state index contributed by atoms with van der Waals surface area (Å²) in [5.74, 6) is -2.98. The lowest BCUT2D eigenvalue weighted by Crippen LogP contribution is -2.54. The highest BCUT2D eigenvalue weighted by molar-refractivity contribution is 6.26. The highest BCUT2D eigenvalue weighted by Crippen LogP contribution is 2.32. The Labute approximate surface area is 190 Å². The van der Waals surface area contributed by atoms with Crippen molar-refractivity contribution in [3.8, 4) is 0 Å². The number of ether oxygens (including phenoxy) is 3. The molecule has 2 heterocycles. The van der Waals surface area contributed by atoms with Gasteiger partial charge in [-0.15, -0.1) is 0 Å². The van der Waals surface area contributed by atoms with Crippen LogP contribution in [0, 0.1) is 0 Å². The quantitative estimate of drug-likeness (QED) is 0.338. The highest BCUT2D eigenvalue weighted by atomic mass is 16.5. The number of benzene rings is 1. The van der Waals surface area contributed by atoms with Crippen molar-refractivity contribution in [3.63, 3.8) is 0 Å². The standard InChI is InChI=1S/C22H27N3O8/c1-2-8-31-9-10-32-11-12-33-13-18(27)23-15-5-3-4-14-19(15)22(30)25(21(14)29)16-6-7-17(26)24-20(16)28/h3-5,16H,2,6-13H2,1H3,(H,23,27)(H,24,26,28). The predicted octanol–water partition coefficient (Wildman–Crippen LogP) is 0.486. The number of piperidine rings is 1. The minimum absolute atomic E-state index is 0.0102. The minimum Gasteiger partial charge on any atom is -0.379 e. The molecule has 11 nitrogen and oxygen atoms in total. The van der Waals surface area contributed by atoms with E-state index in [-0.39, 0.29) is 42.9 Å². The maximum atomic E-state index is 13.0. The van der Waals surface area contributed by atoms with E-state index in [1.807, 2.05) is 6.92 Å². The molecule has 2 aliphatic heterocycles. The zero-order valence-electron chi connectivity index (χ0n) is 18.4. The molecular weight excluding hydrogens is 434 g/mol. The largest absolute Gasteiger partial charge is 0.379 e. The average molecular weight is 461 g/mol. The molecule has 1 fully saturated rings. The lowest BCUT2D eigenvalue weighted by molar-refractivity contribution is -0.136. The summed E-state index contributed by atoms with van der Waals surface area (Å²) < 4.78 is 15.9. The van der Waals surface area contributed by atoms with Crippen LogP contribution in [-0.4, -0.2) is 80.1 Å². The van der Waals surface area contributed by atoms with E-state index in [1.54, 1.807) is 0 Å². The second-order valence-corrected chi connectivity index (χ2v) is 7.50. The lowest BCUT2D eigenvalue weighted by atomic mass is 10.0. The normalized spacial score (nSPS) is 17.8. The van der Waals surface area contributed by atoms with Gasteiger partial charge < -0.3 is 19.5 Å². The van der Waals surface area contributed by atoms with Gasteiger partial charge in [-0.25, -0.2) is 0 Å². The monoisotopic (exact) mass is 461 g/mol. The Morgan fingerprint density at radius 3 is 2.42 bits per heavy atom. The summed E-state index contributed by atoms with van der Waals surface area (Å²) in [6.07, 6.45) is 1.02. The first-order valence-corrected chi connectivity index (χ1v) is 10.8. The zero-order valence-corrected chi connectivity index (χ0v) is 18.4. The summed E-state index contributed by atoms with van der Waals surface area (Å²) in [5.41, 5.74) is 0.247. The van der Waals surface area contributed by atoms with Gasteiger partial charge in [0, 0.05) is 13.0 Å². The van der Waals surface area contributed by atoms with Gasteiger partial charge in [-0.05, 0) is 25.0 Å². The molecule has 0 aliphatic carbocycles. The third kappa shape index (κ3) is 6.01. The first kappa shape index (κ1) is 24.5. The number of amides is 5. The van der Waals surface area contributed by atoms with E-state index in [2.05, 4.69) is 10.6 Å². The Morgan fingerprint density at radius 1 is 1.03 bits per heavy atom. The molecule has 1 atom stereocenters. The molecule has 1 aromatic carbocycles. The first-order chi connectivity index (χ1) is 15.9. The molecule has 2 N–H and O–H groups in total. The van der Waals surface area contributed by atoms with Gasteiger partial charge in [0.1, 0.15) is 12.6 Å². The van der Waals surface area contributed by atoms with Crippen LogP contribution < -0.4 is 10.6 Å². The van der Waals surface area contributed by atoms with E-state index < -0.39 is 35.6 Å². The Hall–Kier alpha value is -3.15. The molecule has 0 saturated carbocycles. The molecule has 0 spiro atoms. The van der Waals surface area contributed by atoms with Crippen LogP contribution in [-0.2, 0) is 28.6 Å². The number of hydrogen-bond donors (Lipinski definition) is 2. The molecule has 178 valence electrons. The van der Waals surface area contributed by atoms with Gasteiger partial charge in [0.05, 0.1) is 43.2 Å². The van der Waals surface area contributed by atoms with Gasteiger partial charge >= 0.3 is 0 Å². The fourth-order valence-electron chi connectivity index (χ4n) is 3.55. The van der Waals surface area contributed by atoms with E-state index in [4.69, 9.17) is 14.2 Å². The molecule has 33 heavy (non-hydrogen) atoms. The van der Waals surface area contributed by atoms with Crippen LogP contribution in [0.1, 0.15) is 46.9 Å². The number of nitrogens with one attached hydrogen (secondary N) is 2. The van der Waals surface area contributed by atoms with Crippen LogP contribution in [0.5, 0.6) is 0 Å². The molecular formula is C22H27N3O8. The van der Waals surface area contributed by atoms with Crippen molar-refractivity contribution in [2.75, 3.05) is 45.0 Å². The van der Waals surface area contributed by atoms with Crippen molar-refractivity contribution in [3.05, 3.63) is 29.3 Å². The topological polar surface area (TPSA) is 140 Å². The van der Waals surface area contributed by atoms with Crippen LogP contribution in [0.15, 0.2) is 18.2 Å². The van der Waals surface area contributed by atoms with Crippen LogP contribution in [0.3, 0.4) is 0 Å². The Balaban J connectivity index is 1.52. The van der Waals surface area contributed by atoms with E-state index >= 15 is 0 Å². The van der Waals surface area contributed by atoms with Crippen molar-refractivity contribution >= 4 is 35.2 Å². The number of carbonyl (C=O) groups is 5. The lowest BCUT2D eigenvalue weighted by Gasteiger charge is -2.27. The second-order valence-electron chi connectivity index (χ2n) is 7.50. The van der Waals surface area contributed by atoms with E-state index in [9.17, 15) is 24.0 Å². The number of fused-ring (bicyclic) bond motifs is 1. The van der Waals surface area contributed by atoms with E-state index in [0.29, 0.717) is 26.4 Å². The number of imide groups is 2. The van der Waals surface area contributed by atoms with Crippen LogP contribution in [0.25, 0.3) is 0 Å². The minimum atomic E-state index is -1.07. The zero-order chi connectivity index (χ0) is 23.8. The molecule has 0 radical (unpaired) electrons. The van der Waals surface area contributed by atoms with Crippen molar-refractivity contribution < 1.29 is 38.2 Å². The molecule has 1 unspecified atom stereocenters. The second kappa shape index (κ2) is 11.6. The van der Waals surface area contributed by atoms with E-state index in [0.717, 1.165) is 11.3 Å². The maximum Gasteiger partial charge on any atom is 0.264 e. The molecule has 1 aromatic rings. The van der Waals surface area contributed by atoms with Crippen molar-refractivity contribution in [2.24, 2.45) is 0 Å². The van der Waals surface area contributed by atoms with Crippen molar-refractivity contribution in [2.45, 2.75) is 32.2 Å². The summed E-state index contributed by atoms with van der Waals surface area (Å²) in [7, 11) is 0. The fourth-order valence-corrected chi connectivity index (χ4v) is 3.55. The maximum absolute atomic E-state index is 13.0.